The van der Waals surface area contributed by atoms with Gasteiger partial charge in [-0.3, -0.25) is 0 Å². The number of nitrogen functional groups attached to an aromatic ring is 1. The van der Waals surface area contributed by atoms with Crippen LogP contribution in [-0.4, -0.2) is 10.1 Å². The van der Waals surface area contributed by atoms with Crippen molar-refractivity contribution in [2.75, 3.05) is 5.73 Å². The molecule has 0 bridgehead atoms. The predicted molar refractivity (Wildman–Crippen MR) is 53.2 cm³/mol. The van der Waals surface area contributed by atoms with Crippen molar-refractivity contribution >= 4 is 5.82 Å². The van der Waals surface area contributed by atoms with Crippen LogP contribution < -0.4 is 5.73 Å². The predicted octanol–water partition coefficient (Wildman–Crippen LogP) is 1.66. The van der Waals surface area contributed by atoms with Crippen LogP contribution in [0.3, 0.4) is 0 Å². The Kier molecular flexibility index (Phi) is 2.88. The van der Waals surface area contributed by atoms with Gasteiger partial charge in [0.25, 0.3) is 0 Å². The Labute approximate surface area is 78.6 Å². The third-order valence-corrected chi connectivity index (χ3v) is 2.04. The Hall–Kier alpha value is -1.09. The molecule has 1 unspecified atom stereocenters. The molecule has 0 aliphatic heterocycles. The normalized spacial score (nSPS) is 13.3. The average Bonchev–Trinajstić information content (AvgIpc) is 2.08. The molecule has 0 radical (unpaired) electrons. The first-order valence-electron chi connectivity index (χ1n) is 4.42. The first kappa shape index (κ1) is 9.99. The zero-order valence-corrected chi connectivity index (χ0v) is 8.28. The van der Waals surface area contributed by atoms with E-state index in [0.717, 1.165) is 11.1 Å². The summed E-state index contributed by atoms with van der Waals surface area (Å²) < 4.78 is 0. The molecule has 3 heteroatoms. The van der Waals surface area contributed by atoms with Crippen LogP contribution in [0.25, 0.3) is 0 Å². The number of nitrogens with two attached hydrogens (primary N) is 1. The van der Waals surface area contributed by atoms with E-state index in [1.807, 2.05) is 26.8 Å². The van der Waals surface area contributed by atoms with Crippen molar-refractivity contribution in [3.63, 3.8) is 0 Å². The number of aliphatic hydroxyl groups is 1. The molecule has 1 aromatic rings. The Morgan fingerprint density at radius 3 is 2.62 bits per heavy atom. The fourth-order valence-electron chi connectivity index (χ4n) is 1.20. The molecule has 0 spiro atoms. The van der Waals surface area contributed by atoms with Gasteiger partial charge in [-0.15, -0.1) is 0 Å². The molecule has 1 aromatic heterocycles. The molecule has 0 aliphatic carbocycles. The van der Waals surface area contributed by atoms with E-state index in [1.54, 1.807) is 6.20 Å². The van der Waals surface area contributed by atoms with E-state index in [1.165, 1.54) is 0 Å². The lowest BCUT2D eigenvalue weighted by Gasteiger charge is -2.16. The zero-order valence-electron chi connectivity index (χ0n) is 8.28. The van der Waals surface area contributed by atoms with Crippen LogP contribution in [0.2, 0.25) is 0 Å². The molecule has 1 heterocycles. The van der Waals surface area contributed by atoms with Gasteiger partial charge in [-0.25, -0.2) is 4.98 Å². The van der Waals surface area contributed by atoms with Gasteiger partial charge in [0.15, 0.2) is 0 Å². The standard InChI is InChI=1S/C10H16N2O/c1-6(2)9(13)8-4-7(3)5-12-10(8)11/h4-6,9,13H,1-3H3,(H2,11,12). The fourth-order valence-corrected chi connectivity index (χ4v) is 1.20. The van der Waals surface area contributed by atoms with E-state index in [2.05, 4.69) is 4.98 Å². The highest BCUT2D eigenvalue weighted by molar-refractivity contribution is 5.42. The molecule has 3 N–H and O–H groups in total. The largest absolute Gasteiger partial charge is 0.388 e. The zero-order chi connectivity index (χ0) is 10.0. The van der Waals surface area contributed by atoms with E-state index < -0.39 is 6.10 Å². The Morgan fingerprint density at radius 2 is 2.08 bits per heavy atom. The minimum atomic E-state index is -0.521. The quantitative estimate of drug-likeness (QED) is 0.727. The topological polar surface area (TPSA) is 59.1 Å². The van der Waals surface area contributed by atoms with Gasteiger partial charge in [0, 0.05) is 11.8 Å². The molecule has 0 amide bonds. The highest BCUT2D eigenvalue weighted by Crippen LogP contribution is 2.25. The van der Waals surface area contributed by atoms with Gasteiger partial charge in [-0.2, -0.15) is 0 Å². The van der Waals surface area contributed by atoms with Gasteiger partial charge in [0.2, 0.25) is 0 Å². The second-order valence-electron chi connectivity index (χ2n) is 3.68. The molecule has 0 fully saturated rings. The van der Waals surface area contributed by atoms with E-state index in [-0.39, 0.29) is 5.92 Å². The Morgan fingerprint density at radius 1 is 1.46 bits per heavy atom. The first-order valence-corrected chi connectivity index (χ1v) is 4.42. The Bertz CT molecular complexity index is 297. The van der Waals surface area contributed by atoms with E-state index >= 15 is 0 Å². The number of aryl methyl sites for hydroxylation is 1. The molecule has 0 saturated heterocycles. The monoisotopic (exact) mass is 180 g/mol. The third-order valence-electron chi connectivity index (χ3n) is 2.04. The smallest absolute Gasteiger partial charge is 0.129 e. The number of rotatable bonds is 2. The third kappa shape index (κ3) is 2.18. The summed E-state index contributed by atoms with van der Waals surface area (Å²) in [4.78, 5) is 4.00. The maximum absolute atomic E-state index is 9.78. The molecule has 0 saturated carbocycles. The molecule has 72 valence electrons. The summed E-state index contributed by atoms with van der Waals surface area (Å²) >= 11 is 0. The molecule has 0 aliphatic rings. The van der Waals surface area contributed by atoms with Gasteiger partial charge >= 0.3 is 0 Å². The molecular weight excluding hydrogens is 164 g/mol. The summed E-state index contributed by atoms with van der Waals surface area (Å²) in [6.07, 6.45) is 1.18. The maximum atomic E-state index is 9.78. The van der Waals surface area contributed by atoms with E-state index in [0.29, 0.717) is 5.82 Å². The number of aromatic nitrogens is 1. The van der Waals surface area contributed by atoms with Crippen molar-refractivity contribution in [3.05, 3.63) is 23.4 Å². The second kappa shape index (κ2) is 3.75. The van der Waals surface area contributed by atoms with Gasteiger partial charge in [-0.1, -0.05) is 13.8 Å². The minimum Gasteiger partial charge on any atom is -0.388 e. The summed E-state index contributed by atoms with van der Waals surface area (Å²) in [5.41, 5.74) is 7.41. The SMILES string of the molecule is Cc1cnc(N)c(C(O)C(C)C)c1. The van der Waals surface area contributed by atoms with Crippen molar-refractivity contribution in [1.82, 2.24) is 4.98 Å². The molecule has 0 aromatic carbocycles. The molecule has 3 nitrogen and oxygen atoms in total. The maximum Gasteiger partial charge on any atom is 0.129 e. The minimum absolute atomic E-state index is 0.158. The van der Waals surface area contributed by atoms with Gasteiger partial charge < -0.3 is 10.8 Å². The van der Waals surface area contributed by atoms with E-state index in [4.69, 9.17) is 5.73 Å². The Balaban J connectivity index is 3.05. The number of hydrogen-bond acceptors (Lipinski definition) is 3. The van der Waals surface area contributed by atoms with Crippen molar-refractivity contribution < 1.29 is 5.11 Å². The van der Waals surface area contributed by atoms with Gasteiger partial charge in [-0.05, 0) is 24.5 Å². The summed E-state index contributed by atoms with van der Waals surface area (Å²) in [6.45, 7) is 5.84. The summed E-state index contributed by atoms with van der Waals surface area (Å²) in [7, 11) is 0. The number of nitrogens with zero attached hydrogens (tertiary/aromatic N) is 1. The highest BCUT2D eigenvalue weighted by atomic mass is 16.3. The molecule has 1 atom stereocenters. The van der Waals surface area contributed by atoms with Crippen molar-refractivity contribution in [1.29, 1.82) is 0 Å². The van der Waals surface area contributed by atoms with Gasteiger partial charge in [0.05, 0.1) is 6.10 Å². The van der Waals surface area contributed by atoms with Crippen molar-refractivity contribution in [2.24, 2.45) is 5.92 Å². The number of anilines is 1. The first-order chi connectivity index (χ1) is 6.02. The number of aliphatic hydroxyl groups excluding tert-OH is 1. The second-order valence-corrected chi connectivity index (χ2v) is 3.68. The van der Waals surface area contributed by atoms with Crippen LogP contribution in [0.5, 0.6) is 0 Å². The fraction of sp³-hybridized carbons (Fsp3) is 0.500. The molecule has 13 heavy (non-hydrogen) atoms. The van der Waals surface area contributed by atoms with Crippen molar-refractivity contribution in [2.45, 2.75) is 26.9 Å². The number of hydrogen-bond donors (Lipinski definition) is 2. The van der Waals surface area contributed by atoms with Gasteiger partial charge in [0.1, 0.15) is 5.82 Å². The summed E-state index contributed by atoms with van der Waals surface area (Å²) in [5.74, 6) is 0.581. The van der Waals surface area contributed by atoms with Crippen LogP contribution in [-0.2, 0) is 0 Å². The van der Waals surface area contributed by atoms with Crippen molar-refractivity contribution in [3.8, 4) is 0 Å². The summed E-state index contributed by atoms with van der Waals surface area (Å²) in [5, 5.41) is 9.78. The summed E-state index contributed by atoms with van der Waals surface area (Å²) in [6, 6.07) is 1.88. The van der Waals surface area contributed by atoms with Crippen LogP contribution in [0, 0.1) is 12.8 Å². The van der Waals surface area contributed by atoms with E-state index in [9.17, 15) is 5.11 Å². The van der Waals surface area contributed by atoms with Crippen LogP contribution >= 0.6 is 0 Å². The lowest BCUT2D eigenvalue weighted by Crippen LogP contribution is -2.09. The van der Waals surface area contributed by atoms with Crippen LogP contribution in [0.15, 0.2) is 12.3 Å². The lowest BCUT2D eigenvalue weighted by molar-refractivity contribution is 0.127. The van der Waals surface area contributed by atoms with Crippen LogP contribution in [0.4, 0.5) is 5.82 Å². The molecule has 1 rings (SSSR count). The van der Waals surface area contributed by atoms with Crippen LogP contribution in [0.1, 0.15) is 31.1 Å². The lowest BCUT2D eigenvalue weighted by atomic mass is 9.99. The molecular formula is C10H16N2O. The highest BCUT2D eigenvalue weighted by Gasteiger charge is 2.15. The number of pyridine rings is 1. The average molecular weight is 180 g/mol.